The van der Waals surface area contributed by atoms with Gasteiger partial charge >= 0.3 is 0 Å². The number of benzene rings is 28. The van der Waals surface area contributed by atoms with E-state index >= 15 is 0 Å². The van der Waals surface area contributed by atoms with Crippen LogP contribution in [0.2, 0.25) is 0 Å². The molecule has 0 aliphatic rings. The van der Waals surface area contributed by atoms with Gasteiger partial charge in [-0.3, -0.25) is 0 Å². The molecule has 31 aromatic rings. The molecule has 0 bridgehead atoms. The van der Waals surface area contributed by atoms with Crippen LogP contribution < -0.4 is 0 Å². The lowest BCUT2D eigenvalue weighted by atomic mass is 9.85. The second kappa shape index (κ2) is 33.9. The van der Waals surface area contributed by atoms with Gasteiger partial charge in [0.1, 0.15) is 33.5 Å². The zero-order chi connectivity index (χ0) is 116. The van der Waals surface area contributed by atoms with Crippen molar-refractivity contribution in [1.82, 2.24) is 0 Å². The Morgan fingerprint density at radius 3 is 0.745 bits per heavy atom. The summed E-state index contributed by atoms with van der Waals surface area (Å²) in [5.41, 5.74) is 14.7. The molecule has 0 saturated heterocycles. The van der Waals surface area contributed by atoms with E-state index in [1.807, 2.05) is 273 Å². The highest BCUT2D eigenvalue weighted by molar-refractivity contribution is 6.27. The van der Waals surface area contributed by atoms with Gasteiger partial charge in [0.25, 0.3) is 0 Å². The van der Waals surface area contributed by atoms with E-state index in [2.05, 4.69) is 84.9 Å². The molecule has 672 valence electrons. The summed E-state index contributed by atoms with van der Waals surface area (Å²) in [4.78, 5) is 0. The summed E-state index contributed by atoms with van der Waals surface area (Å²) >= 11 is 0. The van der Waals surface area contributed by atoms with Crippen LogP contribution in [0.3, 0.4) is 0 Å². The van der Waals surface area contributed by atoms with E-state index in [1.165, 1.54) is 0 Å². The minimum absolute atomic E-state index is 0.173. The largest absolute Gasteiger partial charge is 0.456 e. The Morgan fingerprint density at radius 1 is 0.117 bits per heavy atom. The second-order valence-electron chi connectivity index (χ2n) is 36.8. The van der Waals surface area contributed by atoms with E-state index in [0.717, 1.165) is 141 Å². The van der Waals surface area contributed by atoms with Gasteiger partial charge in [0.2, 0.25) is 0 Å². The summed E-state index contributed by atoms with van der Waals surface area (Å²) in [5, 5.41) is 22.0. The molecular weight excluding hydrogens is 1750 g/mol. The first-order chi connectivity index (χ1) is 81.8. The van der Waals surface area contributed by atoms with Crippen LogP contribution in [0.4, 0.5) is 0 Å². The van der Waals surface area contributed by atoms with Gasteiger partial charge in [-0.25, -0.2) is 0 Å². The van der Waals surface area contributed by atoms with Crippen LogP contribution in [0.15, 0.2) is 534 Å². The molecule has 0 aliphatic carbocycles. The molecule has 3 heterocycles. The minimum Gasteiger partial charge on any atom is -0.456 e. The Hall–Kier alpha value is -19.1. The number of fused-ring (bicyclic) bond motifs is 23. The fourth-order valence-corrected chi connectivity index (χ4v) is 22.0. The molecule has 3 nitrogen and oxygen atoms in total. The molecule has 0 saturated carbocycles. The SMILES string of the molecule is [2H]c1c([2H])c([2H])c2c(-c3ccc4oc5cc6ccccc6cc5c4c3)c3c([2H])c([2H])c([2H])c([2H])c3c(-c3ccc(-c4ccc5ccc6ccccc6c5c4)cc3)c2c1[2H].[2H]c1c([2H])c([2H])c2c(-c3ccc4oc5cc6ccccc6cc5c4c3)c3c([2H])c([2H])c([2H])c([2H])c3c(-c3ccc(-c4cccc5ccccc45)cc3)c2c1[2H].[2H]c1c([2H])c([2H])c2c(-c3ccc4oc5cc6ccccc6cc5c4c3)c3c([2H])c([2H])c([2H])c([2H])c3c(-c3cccc(-c4ccc5ccccc5c4)c3)c2c1[2H]. The topological polar surface area (TPSA) is 39.4 Å². The first-order valence-electron chi connectivity index (χ1n) is 60.0. The quantitative estimate of drug-likeness (QED) is 0.107. The molecule has 0 spiro atoms. The fraction of sp³-hybridized carbons (Fsp3) is 0. The summed E-state index contributed by atoms with van der Waals surface area (Å²) in [6, 6.07) is 114. The molecule has 31 rings (SSSR count). The van der Waals surface area contributed by atoms with E-state index in [-0.39, 0.29) is 137 Å². The fourth-order valence-electron chi connectivity index (χ4n) is 22.0. The van der Waals surface area contributed by atoms with Crippen LogP contribution in [-0.4, -0.2) is 0 Å². The first kappa shape index (κ1) is 62.1. The lowest BCUT2D eigenvalue weighted by Gasteiger charge is -2.18. The van der Waals surface area contributed by atoms with Crippen molar-refractivity contribution in [3.8, 4) is 100 Å². The second-order valence-corrected chi connectivity index (χ2v) is 36.8. The van der Waals surface area contributed by atoms with Crippen molar-refractivity contribution < 1.29 is 46.1 Å². The maximum Gasteiger partial charge on any atom is 0.136 e. The van der Waals surface area contributed by atoms with Crippen LogP contribution in [0.1, 0.15) is 32.9 Å². The molecule has 145 heavy (non-hydrogen) atoms. The van der Waals surface area contributed by atoms with E-state index in [1.54, 1.807) is 18.2 Å². The Labute approximate surface area is 868 Å². The van der Waals surface area contributed by atoms with Gasteiger partial charge in [-0.15, -0.1) is 0 Å². The zero-order valence-electron chi connectivity index (χ0n) is 101. The lowest BCUT2D eigenvalue weighted by molar-refractivity contribution is 0.669. The highest BCUT2D eigenvalue weighted by Gasteiger charge is 2.25. The highest BCUT2D eigenvalue weighted by Crippen LogP contribution is 2.52. The predicted molar refractivity (Wildman–Crippen MR) is 618 cm³/mol. The molecule has 0 amide bonds. The summed E-state index contributed by atoms with van der Waals surface area (Å²) in [5.74, 6) is 0. The lowest BCUT2D eigenvalue weighted by Crippen LogP contribution is -1.91. The normalized spacial score (nSPS) is 14.2. The van der Waals surface area contributed by atoms with Crippen molar-refractivity contribution in [2.45, 2.75) is 0 Å². The molecule has 0 atom stereocenters. The Kier molecular flexibility index (Phi) is 14.5. The summed E-state index contributed by atoms with van der Waals surface area (Å²) in [7, 11) is 0. The molecule has 0 unspecified atom stereocenters. The van der Waals surface area contributed by atoms with Crippen LogP contribution >= 0.6 is 0 Å². The Bertz CT molecular complexity index is 12200. The van der Waals surface area contributed by atoms with Crippen molar-refractivity contribution in [2.75, 3.05) is 0 Å². The van der Waals surface area contributed by atoms with Crippen molar-refractivity contribution in [3.63, 3.8) is 0 Å². The van der Waals surface area contributed by atoms with Crippen LogP contribution in [0, 0.1) is 0 Å². The van der Waals surface area contributed by atoms with Crippen molar-refractivity contribution in [1.29, 1.82) is 0 Å². The van der Waals surface area contributed by atoms with Gasteiger partial charge in [-0.2, -0.15) is 0 Å². The number of furan rings is 3. The average Bonchev–Trinajstić information content (AvgIpc) is 1.07. The molecule has 0 aliphatic heterocycles. The van der Waals surface area contributed by atoms with E-state index < -0.39 is 72.5 Å². The molecular formula is C142H86O3. The van der Waals surface area contributed by atoms with Crippen LogP contribution in [0.5, 0.6) is 0 Å². The number of hydrogen-bond donors (Lipinski definition) is 0. The van der Waals surface area contributed by atoms with Crippen LogP contribution in [0.25, 0.3) is 306 Å². The molecule has 0 radical (unpaired) electrons. The maximum absolute atomic E-state index is 9.39. The molecule has 0 fully saturated rings. The number of hydrogen-bond acceptors (Lipinski definition) is 3. The zero-order valence-corrected chi connectivity index (χ0v) is 77.0. The number of rotatable bonds is 9. The smallest absolute Gasteiger partial charge is 0.136 e. The van der Waals surface area contributed by atoms with Gasteiger partial charge < -0.3 is 13.3 Å². The van der Waals surface area contributed by atoms with Crippen molar-refractivity contribution in [2.24, 2.45) is 0 Å². The van der Waals surface area contributed by atoms with Gasteiger partial charge in [-0.1, -0.05) is 430 Å². The highest BCUT2D eigenvalue weighted by atomic mass is 16.3. The Balaban J connectivity index is 0.000000115. The van der Waals surface area contributed by atoms with Gasteiger partial charge in [-0.05, 0) is 331 Å². The summed E-state index contributed by atoms with van der Waals surface area (Å²) in [6.07, 6.45) is 0. The Morgan fingerprint density at radius 2 is 0.352 bits per heavy atom. The summed E-state index contributed by atoms with van der Waals surface area (Å²) in [6.45, 7) is 0. The predicted octanol–water partition coefficient (Wildman–Crippen LogP) is 40.8. The molecule has 28 aromatic carbocycles. The molecule has 0 N–H and O–H groups in total. The molecule has 3 aromatic heterocycles. The summed E-state index contributed by atoms with van der Waals surface area (Å²) < 4.78 is 237. The first-order valence-corrected chi connectivity index (χ1v) is 48.0. The maximum atomic E-state index is 9.39. The van der Waals surface area contributed by atoms with E-state index in [0.29, 0.717) is 100 Å². The third kappa shape index (κ3) is 14.0. The third-order valence-corrected chi connectivity index (χ3v) is 28.8. The van der Waals surface area contributed by atoms with Crippen molar-refractivity contribution >= 4 is 206 Å². The van der Waals surface area contributed by atoms with E-state index in [4.69, 9.17) is 29.7 Å². The minimum atomic E-state index is -0.435. The van der Waals surface area contributed by atoms with Gasteiger partial charge in [0, 0.05) is 32.3 Å². The molecule has 3 heteroatoms. The van der Waals surface area contributed by atoms with E-state index in [9.17, 15) is 16.4 Å². The van der Waals surface area contributed by atoms with Crippen LogP contribution in [-0.2, 0) is 0 Å². The standard InChI is InChI=1S/C50H30O.2C46H28O/c1-2-11-36-30-48-46(28-35(36)10-1)45-29-38(25-26-47(45)51-48)50-42-15-7-5-13-40(42)49(41-14-6-8-16-43(41)50)34-22-17-31(18-23-34)37-24-21-33-20-19-32-9-3-4-12-39(32)44(33)27-37;1-2-12-33-28-44-42(26-32(33)11-1)41-27-34(24-25-43(41)47-44)46-39-17-7-5-15-37(39)45(38-16-6-8-18-40(38)46)31-22-20-30(21-23-31)36-19-9-13-29-10-3-4-14-35(29)36;1-2-11-30-24-34(21-20-29(30)10-1)31-14-9-15-35(25-31)45-37-16-5-7-18-39(37)46(40-19-8-6-17-38(40)45)36-22-23-43-41(27-36)42-26-32-12-3-4-13-33(32)28-44(42)47-43/h1-30H;2*1-28H/i5D,6D,7D,8D,13D,14D,15D,16D;5D,6D,7D,8D,15D,16D,17D,18D;5D,6D,7D,8D,16D,17D,18D,19D. The van der Waals surface area contributed by atoms with Crippen molar-refractivity contribution in [3.05, 3.63) is 521 Å². The monoisotopic (exact) mass is 1860 g/mol. The third-order valence-electron chi connectivity index (χ3n) is 28.8. The van der Waals surface area contributed by atoms with Gasteiger partial charge in [0.15, 0.2) is 0 Å². The average molecular weight is 1860 g/mol. The van der Waals surface area contributed by atoms with Gasteiger partial charge in [0.05, 0.1) is 32.9 Å².